The second-order valence-electron chi connectivity index (χ2n) is 10.7. The maximum Gasteiger partial charge on any atom is 0.408 e. The van der Waals surface area contributed by atoms with E-state index in [9.17, 15) is 19.5 Å². The Balaban J connectivity index is 1.94. The summed E-state index contributed by atoms with van der Waals surface area (Å²) in [5.41, 5.74) is 1.03. The van der Waals surface area contributed by atoms with Crippen molar-refractivity contribution < 1.29 is 23.9 Å². The zero-order chi connectivity index (χ0) is 29.3. The average molecular weight is 549 g/mol. The highest BCUT2D eigenvalue weighted by Crippen LogP contribution is 2.34. The number of nitrogens with zero attached hydrogens (tertiary/aromatic N) is 3. The van der Waals surface area contributed by atoms with Gasteiger partial charge in [-0.3, -0.25) is 14.5 Å². The maximum atomic E-state index is 13.7. The summed E-state index contributed by atoms with van der Waals surface area (Å²) >= 11 is 0. The molecule has 0 fully saturated rings. The number of rotatable bonds is 14. The topological polar surface area (TPSA) is 126 Å². The molecule has 1 heterocycles. The smallest absolute Gasteiger partial charge is 0.408 e. The molecule has 3 rings (SSSR count). The van der Waals surface area contributed by atoms with Gasteiger partial charge in [0.15, 0.2) is 0 Å². The number of carbonyl (C=O) groups is 3. The average Bonchev–Trinajstić information content (AvgIpc) is 3.43. The molecular formula is C31H40N4O5. The first kappa shape index (κ1) is 30.5. The molecule has 9 nitrogen and oxygen atoms in total. The Morgan fingerprint density at radius 1 is 1.00 bits per heavy atom. The van der Waals surface area contributed by atoms with Crippen LogP contribution in [0.1, 0.15) is 77.8 Å². The third-order valence-corrected chi connectivity index (χ3v) is 7.57. The van der Waals surface area contributed by atoms with Crippen molar-refractivity contribution in [3.8, 4) is 11.5 Å². The minimum atomic E-state index is -1.27. The summed E-state index contributed by atoms with van der Waals surface area (Å²) in [6.45, 7) is 9.61. The first-order valence-corrected chi connectivity index (χ1v) is 13.9. The lowest BCUT2D eigenvalue weighted by atomic mass is 9.78. The van der Waals surface area contributed by atoms with Crippen molar-refractivity contribution in [2.24, 2.45) is 5.41 Å². The lowest BCUT2D eigenvalue weighted by Crippen LogP contribution is -2.58. The molecule has 1 aromatic heterocycles. The molecule has 2 amide bonds. The molecule has 2 N–H and O–H groups in total. The van der Waals surface area contributed by atoms with Crippen LogP contribution in [0.3, 0.4) is 0 Å². The highest BCUT2D eigenvalue weighted by atomic mass is 16.4. The van der Waals surface area contributed by atoms with Gasteiger partial charge in [-0.25, -0.2) is 4.79 Å². The van der Waals surface area contributed by atoms with Crippen molar-refractivity contribution in [1.29, 1.82) is 0 Å². The van der Waals surface area contributed by atoms with Gasteiger partial charge in [0, 0.05) is 18.0 Å². The van der Waals surface area contributed by atoms with Gasteiger partial charge >= 0.3 is 6.09 Å². The Morgan fingerprint density at radius 2 is 1.62 bits per heavy atom. The number of carboxylic acid groups (broad SMARTS) is 1. The molecule has 0 aliphatic rings. The molecule has 9 heteroatoms. The van der Waals surface area contributed by atoms with Gasteiger partial charge < -0.3 is 14.8 Å². The first-order chi connectivity index (χ1) is 19.1. The van der Waals surface area contributed by atoms with E-state index in [1.54, 1.807) is 6.92 Å². The SMILES string of the molecule is CCCC[C@@H](C(=O)C(=O)N[C@H](C)c1ccccc1)N(C(=O)O)C(Cc1nnc(-c2ccccc2)o1)C(C)(C)CC. The van der Waals surface area contributed by atoms with Crippen molar-refractivity contribution in [3.63, 3.8) is 0 Å². The second kappa shape index (κ2) is 13.9. The Kier molecular flexibility index (Phi) is 10.6. The molecule has 40 heavy (non-hydrogen) atoms. The van der Waals surface area contributed by atoms with Crippen LogP contribution in [-0.4, -0.2) is 50.1 Å². The molecule has 3 aromatic rings. The molecule has 2 aromatic carbocycles. The Bertz CT molecular complexity index is 1260. The number of benzene rings is 2. The molecule has 0 aliphatic heterocycles. The van der Waals surface area contributed by atoms with Crippen molar-refractivity contribution in [2.45, 2.75) is 84.8 Å². The van der Waals surface area contributed by atoms with Crippen LogP contribution in [0.4, 0.5) is 4.79 Å². The minimum absolute atomic E-state index is 0.102. The molecule has 214 valence electrons. The molecule has 1 unspecified atom stereocenters. The Hall–Kier alpha value is -4.01. The van der Waals surface area contributed by atoms with Gasteiger partial charge in [0.2, 0.25) is 17.6 Å². The largest absolute Gasteiger partial charge is 0.465 e. The predicted octanol–water partition coefficient (Wildman–Crippen LogP) is 6.07. The summed E-state index contributed by atoms with van der Waals surface area (Å²) in [7, 11) is 0. The van der Waals surface area contributed by atoms with E-state index >= 15 is 0 Å². The fraction of sp³-hybridized carbons (Fsp3) is 0.452. The number of Topliss-reactive ketones (excluding diaryl/α,β-unsaturated/α-hetero) is 1. The highest BCUT2D eigenvalue weighted by Gasteiger charge is 2.44. The fourth-order valence-electron chi connectivity index (χ4n) is 4.71. The van der Waals surface area contributed by atoms with E-state index in [0.717, 1.165) is 22.4 Å². The van der Waals surface area contributed by atoms with Crippen LogP contribution < -0.4 is 5.32 Å². The standard InChI is InChI=1S/C31H40N4O5/c1-6-8-19-24(27(36)28(37)32-21(3)22-15-11-9-12-16-22)35(30(38)39)25(31(4,5)7-2)20-26-33-34-29(40-26)23-17-13-10-14-18-23/h9-18,21,24-25H,6-8,19-20H2,1-5H3,(H,32,37)(H,38,39)/t21-,24+,25?/m1/s1. The van der Waals surface area contributed by atoms with Crippen LogP contribution in [-0.2, 0) is 16.0 Å². The van der Waals surface area contributed by atoms with Gasteiger partial charge in [0.1, 0.15) is 6.04 Å². The van der Waals surface area contributed by atoms with Crippen LogP contribution in [0.5, 0.6) is 0 Å². The van der Waals surface area contributed by atoms with E-state index in [-0.39, 0.29) is 18.7 Å². The number of hydrogen-bond donors (Lipinski definition) is 2. The van der Waals surface area contributed by atoms with E-state index in [2.05, 4.69) is 15.5 Å². The van der Waals surface area contributed by atoms with Crippen molar-refractivity contribution in [2.75, 3.05) is 0 Å². The van der Waals surface area contributed by atoms with E-state index < -0.39 is 41.3 Å². The number of unbranched alkanes of at least 4 members (excludes halogenated alkanes) is 1. The van der Waals surface area contributed by atoms with Gasteiger partial charge in [0.05, 0.1) is 6.04 Å². The van der Waals surface area contributed by atoms with Crippen LogP contribution in [0.25, 0.3) is 11.5 Å². The summed E-state index contributed by atoms with van der Waals surface area (Å²) in [4.78, 5) is 40.9. The Labute approximate surface area is 236 Å². The third kappa shape index (κ3) is 7.55. The molecule has 0 aliphatic carbocycles. The van der Waals surface area contributed by atoms with Gasteiger partial charge in [0.25, 0.3) is 5.91 Å². The molecule has 0 saturated heterocycles. The molecule has 0 radical (unpaired) electrons. The lowest BCUT2D eigenvalue weighted by molar-refractivity contribution is -0.142. The van der Waals surface area contributed by atoms with Crippen molar-refractivity contribution >= 4 is 17.8 Å². The van der Waals surface area contributed by atoms with Crippen LogP contribution >= 0.6 is 0 Å². The molecular weight excluding hydrogens is 508 g/mol. The summed E-state index contributed by atoms with van der Waals surface area (Å²) in [5, 5.41) is 21.6. The number of amides is 2. The van der Waals surface area contributed by atoms with Crippen molar-refractivity contribution in [3.05, 3.63) is 72.1 Å². The summed E-state index contributed by atoms with van der Waals surface area (Å²) < 4.78 is 5.93. The first-order valence-electron chi connectivity index (χ1n) is 13.9. The third-order valence-electron chi connectivity index (χ3n) is 7.57. The zero-order valence-electron chi connectivity index (χ0n) is 24.0. The molecule has 3 atom stereocenters. The van der Waals surface area contributed by atoms with E-state index in [0.29, 0.717) is 18.7 Å². The minimum Gasteiger partial charge on any atom is -0.465 e. The summed E-state index contributed by atoms with van der Waals surface area (Å²) in [6, 6.07) is 16.3. The van der Waals surface area contributed by atoms with Gasteiger partial charge in [-0.2, -0.15) is 0 Å². The van der Waals surface area contributed by atoms with Gasteiger partial charge in [-0.05, 0) is 42.9 Å². The molecule has 0 spiro atoms. The van der Waals surface area contributed by atoms with Crippen LogP contribution in [0.15, 0.2) is 65.1 Å². The highest BCUT2D eigenvalue weighted by molar-refractivity contribution is 6.38. The quantitative estimate of drug-likeness (QED) is 0.234. The normalized spacial score (nSPS) is 13.7. The van der Waals surface area contributed by atoms with E-state index in [1.807, 2.05) is 88.4 Å². The Morgan fingerprint density at radius 3 is 2.20 bits per heavy atom. The number of hydrogen-bond acceptors (Lipinski definition) is 6. The van der Waals surface area contributed by atoms with E-state index in [1.165, 1.54) is 0 Å². The number of aromatic nitrogens is 2. The number of carbonyl (C=O) groups excluding carboxylic acids is 2. The molecule has 0 saturated carbocycles. The summed E-state index contributed by atoms with van der Waals surface area (Å²) in [5.74, 6) is -0.981. The van der Waals surface area contributed by atoms with Crippen LogP contribution in [0.2, 0.25) is 0 Å². The van der Waals surface area contributed by atoms with Gasteiger partial charge in [-0.1, -0.05) is 89.1 Å². The fourth-order valence-corrected chi connectivity index (χ4v) is 4.71. The van der Waals surface area contributed by atoms with E-state index in [4.69, 9.17) is 4.42 Å². The second-order valence-corrected chi connectivity index (χ2v) is 10.7. The number of nitrogens with one attached hydrogen (secondary N) is 1. The van der Waals surface area contributed by atoms with Crippen molar-refractivity contribution in [1.82, 2.24) is 20.4 Å². The maximum absolute atomic E-state index is 13.7. The molecule has 0 bridgehead atoms. The predicted molar refractivity (Wildman–Crippen MR) is 152 cm³/mol. The zero-order valence-corrected chi connectivity index (χ0v) is 24.0. The lowest BCUT2D eigenvalue weighted by Gasteiger charge is -2.43. The van der Waals surface area contributed by atoms with Crippen LogP contribution in [0, 0.1) is 5.41 Å². The van der Waals surface area contributed by atoms with Gasteiger partial charge in [-0.15, -0.1) is 10.2 Å². The monoisotopic (exact) mass is 548 g/mol. The summed E-state index contributed by atoms with van der Waals surface area (Å²) in [6.07, 6.45) is 1.00. The number of ketones is 1.